The van der Waals surface area contributed by atoms with Crippen LogP contribution < -0.4 is 5.32 Å². The van der Waals surface area contributed by atoms with Gasteiger partial charge < -0.3 is 15.1 Å². The summed E-state index contributed by atoms with van der Waals surface area (Å²) in [6.07, 6.45) is 2.91. The maximum Gasteiger partial charge on any atom is 0.255 e. The molecule has 0 spiro atoms. The minimum Gasteiger partial charge on any atom is -0.348 e. The lowest BCUT2D eigenvalue weighted by molar-refractivity contribution is 0.0663. The first-order chi connectivity index (χ1) is 12.5. The normalized spacial score (nSPS) is 14.9. The molecule has 26 heavy (non-hydrogen) atoms. The van der Waals surface area contributed by atoms with Gasteiger partial charge in [-0.1, -0.05) is 12.1 Å². The minimum atomic E-state index is -0.324. The standard InChI is InChI=1S/C19H21FN4O2/c1-23-6-8-24(9-7-23)19(26)16-10-15(12-21-13-16)18(25)22-11-14-2-4-17(20)5-3-14/h2-5,10,12-13H,6-9,11H2,1H3,(H,22,25). The molecule has 1 saturated heterocycles. The molecule has 1 fully saturated rings. The molecule has 2 amide bonds. The number of nitrogens with one attached hydrogen (secondary N) is 1. The number of halogens is 1. The van der Waals surface area contributed by atoms with E-state index in [0.29, 0.717) is 24.2 Å². The summed E-state index contributed by atoms with van der Waals surface area (Å²) in [7, 11) is 2.02. The van der Waals surface area contributed by atoms with Crippen molar-refractivity contribution in [3.63, 3.8) is 0 Å². The molecule has 1 aliphatic rings. The molecular weight excluding hydrogens is 335 g/mol. The lowest BCUT2D eigenvalue weighted by Gasteiger charge is -2.32. The zero-order chi connectivity index (χ0) is 18.5. The fourth-order valence-electron chi connectivity index (χ4n) is 2.76. The molecule has 2 aromatic rings. The van der Waals surface area contributed by atoms with Crippen LogP contribution in [-0.4, -0.2) is 59.8 Å². The minimum absolute atomic E-state index is 0.112. The highest BCUT2D eigenvalue weighted by Gasteiger charge is 2.21. The number of hydrogen-bond donors (Lipinski definition) is 1. The number of likely N-dealkylation sites (N-methyl/N-ethyl adjacent to an activating group) is 1. The Morgan fingerprint density at radius 2 is 1.73 bits per heavy atom. The third kappa shape index (κ3) is 4.43. The SMILES string of the molecule is CN1CCN(C(=O)c2cncc(C(=O)NCc3ccc(F)cc3)c2)CC1. The predicted molar refractivity (Wildman–Crippen MR) is 95.2 cm³/mol. The summed E-state index contributed by atoms with van der Waals surface area (Å²) in [6.45, 7) is 3.26. The molecule has 6 nitrogen and oxygen atoms in total. The number of nitrogens with zero attached hydrogens (tertiary/aromatic N) is 3. The van der Waals surface area contributed by atoms with Gasteiger partial charge in [-0.25, -0.2) is 4.39 Å². The van der Waals surface area contributed by atoms with Crippen molar-refractivity contribution in [2.24, 2.45) is 0 Å². The number of benzene rings is 1. The summed E-state index contributed by atoms with van der Waals surface area (Å²) < 4.78 is 12.9. The Bertz CT molecular complexity index is 786. The second-order valence-corrected chi connectivity index (χ2v) is 6.37. The molecule has 3 rings (SSSR count). The smallest absolute Gasteiger partial charge is 0.255 e. The zero-order valence-corrected chi connectivity index (χ0v) is 14.6. The van der Waals surface area contributed by atoms with Crippen LogP contribution in [0.15, 0.2) is 42.7 Å². The van der Waals surface area contributed by atoms with Crippen LogP contribution in [0.2, 0.25) is 0 Å². The van der Waals surface area contributed by atoms with Crippen molar-refractivity contribution in [1.29, 1.82) is 0 Å². The Balaban J connectivity index is 1.63. The molecule has 1 aliphatic heterocycles. The van der Waals surface area contributed by atoms with Crippen LogP contribution in [0.4, 0.5) is 4.39 Å². The van der Waals surface area contributed by atoms with Gasteiger partial charge in [-0.3, -0.25) is 14.6 Å². The fourth-order valence-corrected chi connectivity index (χ4v) is 2.76. The third-order valence-corrected chi connectivity index (χ3v) is 4.40. The van der Waals surface area contributed by atoms with E-state index in [4.69, 9.17) is 0 Å². The first kappa shape index (κ1) is 18.0. The maximum absolute atomic E-state index is 12.9. The molecule has 136 valence electrons. The van der Waals surface area contributed by atoms with Gasteiger partial charge in [0.15, 0.2) is 0 Å². The monoisotopic (exact) mass is 356 g/mol. The first-order valence-corrected chi connectivity index (χ1v) is 8.48. The van der Waals surface area contributed by atoms with Crippen molar-refractivity contribution >= 4 is 11.8 Å². The number of piperazine rings is 1. The molecule has 0 bridgehead atoms. The van der Waals surface area contributed by atoms with Crippen molar-refractivity contribution in [3.05, 3.63) is 65.2 Å². The summed E-state index contributed by atoms with van der Waals surface area (Å²) in [5.74, 6) is -0.756. The number of hydrogen-bond acceptors (Lipinski definition) is 4. The molecule has 1 aromatic heterocycles. The van der Waals surface area contributed by atoms with Gasteiger partial charge in [0, 0.05) is 45.1 Å². The second kappa shape index (κ2) is 8.05. The van der Waals surface area contributed by atoms with Gasteiger partial charge in [0.2, 0.25) is 0 Å². The van der Waals surface area contributed by atoms with Crippen LogP contribution in [0.5, 0.6) is 0 Å². The van der Waals surface area contributed by atoms with E-state index < -0.39 is 0 Å². The highest BCUT2D eigenvalue weighted by atomic mass is 19.1. The number of carbonyl (C=O) groups is 2. The molecule has 0 unspecified atom stereocenters. The first-order valence-electron chi connectivity index (χ1n) is 8.48. The molecule has 1 aromatic carbocycles. The molecule has 2 heterocycles. The van der Waals surface area contributed by atoms with Gasteiger partial charge in [-0.2, -0.15) is 0 Å². The van der Waals surface area contributed by atoms with Gasteiger partial charge >= 0.3 is 0 Å². The van der Waals surface area contributed by atoms with Crippen molar-refractivity contribution in [1.82, 2.24) is 20.1 Å². The van der Waals surface area contributed by atoms with Gasteiger partial charge in [0.1, 0.15) is 5.82 Å². The van der Waals surface area contributed by atoms with Crippen molar-refractivity contribution < 1.29 is 14.0 Å². The number of carbonyl (C=O) groups excluding carboxylic acids is 2. The Hall–Kier alpha value is -2.80. The van der Waals surface area contributed by atoms with E-state index in [-0.39, 0.29) is 24.2 Å². The Morgan fingerprint density at radius 3 is 2.42 bits per heavy atom. The van der Waals surface area contributed by atoms with E-state index in [2.05, 4.69) is 15.2 Å². The third-order valence-electron chi connectivity index (χ3n) is 4.40. The summed E-state index contributed by atoms with van der Waals surface area (Å²) in [6, 6.07) is 7.48. The summed E-state index contributed by atoms with van der Waals surface area (Å²) in [4.78, 5) is 32.9. The average molecular weight is 356 g/mol. The fraction of sp³-hybridized carbons (Fsp3) is 0.316. The quantitative estimate of drug-likeness (QED) is 0.903. The Kier molecular flexibility index (Phi) is 5.58. The van der Waals surface area contributed by atoms with E-state index in [1.165, 1.54) is 24.5 Å². The van der Waals surface area contributed by atoms with Gasteiger partial charge in [-0.05, 0) is 30.8 Å². The van der Waals surface area contributed by atoms with E-state index in [0.717, 1.165) is 18.7 Å². The molecule has 1 N–H and O–H groups in total. The largest absolute Gasteiger partial charge is 0.348 e. The Labute approximate surface area is 151 Å². The maximum atomic E-state index is 12.9. The molecular formula is C19H21FN4O2. The van der Waals surface area contributed by atoms with Crippen LogP contribution in [0, 0.1) is 5.82 Å². The van der Waals surface area contributed by atoms with Crippen LogP contribution in [-0.2, 0) is 6.54 Å². The van der Waals surface area contributed by atoms with E-state index in [1.54, 1.807) is 23.1 Å². The number of pyridine rings is 1. The zero-order valence-electron chi connectivity index (χ0n) is 14.6. The van der Waals surface area contributed by atoms with E-state index >= 15 is 0 Å². The molecule has 0 saturated carbocycles. The summed E-state index contributed by atoms with van der Waals surface area (Å²) >= 11 is 0. The van der Waals surface area contributed by atoms with Gasteiger partial charge in [0.25, 0.3) is 11.8 Å². The summed E-state index contributed by atoms with van der Waals surface area (Å²) in [5, 5.41) is 2.75. The van der Waals surface area contributed by atoms with Crippen molar-refractivity contribution in [2.75, 3.05) is 33.2 Å². The molecule has 0 atom stereocenters. The number of aromatic nitrogens is 1. The Morgan fingerprint density at radius 1 is 1.08 bits per heavy atom. The highest BCUT2D eigenvalue weighted by molar-refractivity contribution is 5.99. The van der Waals surface area contributed by atoms with Crippen LogP contribution in [0.1, 0.15) is 26.3 Å². The lowest BCUT2D eigenvalue weighted by Crippen LogP contribution is -2.47. The lowest BCUT2D eigenvalue weighted by atomic mass is 10.1. The van der Waals surface area contributed by atoms with Gasteiger partial charge in [-0.15, -0.1) is 0 Å². The van der Waals surface area contributed by atoms with Crippen LogP contribution in [0.3, 0.4) is 0 Å². The van der Waals surface area contributed by atoms with Crippen LogP contribution >= 0.6 is 0 Å². The number of amides is 2. The van der Waals surface area contributed by atoms with Crippen LogP contribution in [0.25, 0.3) is 0 Å². The molecule has 0 radical (unpaired) electrons. The predicted octanol–water partition coefficient (Wildman–Crippen LogP) is 1.54. The average Bonchev–Trinajstić information content (AvgIpc) is 2.67. The highest BCUT2D eigenvalue weighted by Crippen LogP contribution is 2.10. The molecule has 0 aliphatic carbocycles. The van der Waals surface area contributed by atoms with Crippen molar-refractivity contribution in [2.45, 2.75) is 6.54 Å². The van der Waals surface area contributed by atoms with E-state index in [1.807, 2.05) is 7.05 Å². The summed E-state index contributed by atoms with van der Waals surface area (Å²) in [5.41, 5.74) is 1.52. The van der Waals surface area contributed by atoms with E-state index in [9.17, 15) is 14.0 Å². The van der Waals surface area contributed by atoms with Gasteiger partial charge in [0.05, 0.1) is 11.1 Å². The van der Waals surface area contributed by atoms with Crippen molar-refractivity contribution in [3.8, 4) is 0 Å². The number of rotatable bonds is 4. The topological polar surface area (TPSA) is 65.5 Å². The second-order valence-electron chi connectivity index (χ2n) is 6.37. The molecule has 7 heteroatoms.